The predicted molar refractivity (Wildman–Crippen MR) is 134 cm³/mol. The molecular formula is C27H34N2O3P+. The number of aromatic nitrogens is 1. The second kappa shape index (κ2) is 12.3. The van der Waals surface area contributed by atoms with Crippen molar-refractivity contribution in [2.45, 2.75) is 57.9 Å². The second-order valence-corrected chi connectivity index (χ2v) is 9.75. The third-order valence-corrected chi connectivity index (χ3v) is 7.10. The molecule has 1 aliphatic rings. The molecule has 6 heteroatoms. The lowest BCUT2D eigenvalue weighted by Crippen LogP contribution is -2.16. The summed E-state index contributed by atoms with van der Waals surface area (Å²) in [4.78, 5) is 13.3. The first-order valence-electron chi connectivity index (χ1n) is 12.2. The Balaban J connectivity index is 1.40. The molecule has 1 aromatic heterocycles. The van der Waals surface area contributed by atoms with E-state index in [4.69, 9.17) is 9.42 Å². The molecule has 1 atom stereocenters. The maximum absolute atomic E-state index is 10.6. The number of rotatable bonds is 11. The molecule has 33 heavy (non-hydrogen) atoms. The van der Waals surface area contributed by atoms with Gasteiger partial charge in [0.25, 0.3) is 0 Å². The van der Waals surface area contributed by atoms with Crippen molar-refractivity contribution < 1.29 is 14.0 Å². The molecular weight excluding hydrogens is 431 g/mol. The van der Waals surface area contributed by atoms with Crippen LogP contribution >= 0.6 is 8.25 Å². The van der Waals surface area contributed by atoms with Gasteiger partial charge in [-0.25, -0.2) is 0 Å². The maximum atomic E-state index is 10.6. The van der Waals surface area contributed by atoms with Crippen molar-refractivity contribution in [3.63, 3.8) is 0 Å². The minimum absolute atomic E-state index is 0.271. The molecule has 3 aromatic rings. The first kappa shape index (κ1) is 24.0. The van der Waals surface area contributed by atoms with Gasteiger partial charge < -0.3 is 5.32 Å². The van der Waals surface area contributed by atoms with Gasteiger partial charge in [0.05, 0.1) is 5.52 Å². The van der Waals surface area contributed by atoms with Crippen LogP contribution in [0.5, 0.6) is 0 Å². The highest BCUT2D eigenvalue weighted by Gasteiger charge is 2.14. The van der Waals surface area contributed by atoms with Crippen molar-refractivity contribution in [1.82, 2.24) is 10.3 Å². The Morgan fingerprint density at radius 1 is 1.06 bits per heavy atom. The number of pyridine rings is 1. The summed E-state index contributed by atoms with van der Waals surface area (Å²) in [5.41, 5.74) is 6.03. The van der Waals surface area contributed by atoms with E-state index in [0.29, 0.717) is 19.5 Å². The van der Waals surface area contributed by atoms with Crippen LogP contribution in [-0.4, -0.2) is 23.0 Å². The Labute approximate surface area is 197 Å². The molecule has 0 amide bonds. The lowest BCUT2D eigenvalue weighted by molar-refractivity contribution is 0.276. The topological polar surface area (TPSA) is 71.5 Å². The van der Waals surface area contributed by atoms with Gasteiger partial charge in [-0.3, -0.25) is 4.98 Å². The summed E-state index contributed by atoms with van der Waals surface area (Å²) < 4.78 is 15.3. The van der Waals surface area contributed by atoms with Crippen LogP contribution < -0.4 is 5.32 Å². The number of hydrogen-bond donors (Lipinski definition) is 2. The Kier molecular flexibility index (Phi) is 8.96. The van der Waals surface area contributed by atoms with Crippen LogP contribution in [0.15, 0.2) is 54.7 Å². The van der Waals surface area contributed by atoms with E-state index in [-0.39, 0.29) is 6.61 Å². The van der Waals surface area contributed by atoms with Crippen LogP contribution in [0.4, 0.5) is 0 Å². The molecule has 2 aromatic carbocycles. The van der Waals surface area contributed by atoms with E-state index in [1.165, 1.54) is 61.6 Å². The van der Waals surface area contributed by atoms with Crippen molar-refractivity contribution in [2.75, 3.05) is 13.2 Å². The molecule has 2 N–H and O–H groups in total. The van der Waals surface area contributed by atoms with Crippen LogP contribution in [0.2, 0.25) is 0 Å². The minimum Gasteiger partial charge on any atom is -0.313 e. The monoisotopic (exact) mass is 465 g/mol. The SMILES string of the molecule is O=[P+](O)OCCCNCc1ccc(-c2ccc(CCC3CCCCC3)cc2)c2cccnc12. The zero-order chi connectivity index (χ0) is 22.9. The van der Waals surface area contributed by atoms with Crippen LogP contribution in [0.3, 0.4) is 0 Å². The van der Waals surface area contributed by atoms with Gasteiger partial charge in [0.15, 0.2) is 0 Å². The summed E-state index contributed by atoms with van der Waals surface area (Å²) in [6, 6.07) is 17.6. The molecule has 174 valence electrons. The summed E-state index contributed by atoms with van der Waals surface area (Å²) in [5, 5.41) is 4.54. The fourth-order valence-corrected chi connectivity index (χ4v) is 5.17. The van der Waals surface area contributed by atoms with Gasteiger partial charge in [-0.15, -0.1) is 9.42 Å². The molecule has 1 saturated carbocycles. The first-order chi connectivity index (χ1) is 16.2. The lowest BCUT2D eigenvalue weighted by atomic mass is 9.85. The molecule has 1 aliphatic carbocycles. The van der Waals surface area contributed by atoms with Gasteiger partial charge in [0, 0.05) is 22.7 Å². The highest BCUT2D eigenvalue weighted by molar-refractivity contribution is 7.32. The molecule has 1 fully saturated rings. The number of fused-ring (bicyclic) bond motifs is 1. The average molecular weight is 466 g/mol. The van der Waals surface area contributed by atoms with Gasteiger partial charge in [0.2, 0.25) is 0 Å². The molecule has 5 nitrogen and oxygen atoms in total. The Morgan fingerprint density at radius 3 is 2.67 bits per heavy atom. The lowest BCUT2D eigenvalue weighted by Gasteiger charge is -2.21. The number of nitrogens with one attached hydrogen (secondary N) is 1. The largest absolute Gasteiger partial charge is 0.694 e. The predicted octanol–water partition coefficient (Wildman–Crippen LogP) is 6.56. The first-order valence-corrected chi connectivity index (χ1v) is 13.3. The van der Waals surface area contributed by atoms with Crippen molar-refractivity contribution in [2.24, 2.45) is 5.92 Å². The Bertz CT molecular complexity index is 1050. The van der Waals surface area contributed by atoms with Crippen molar-refractivity contribution in [1.29, 1.82) is 0 Å². The number of nitrogens with zero attached hydrogens (tertiary/aromatic N) is 1. The van der Waals surface area contributed by atoms with Crippen LogP contribution in [0.25, 0.3) is 22.0 Å². The molecule has 0 radical (unpaired) electrons. The minimum atomic E-state index is -2.51. The van der Waals surface area contributed by atoms with Crippen LogP contribution in [-0.2, 0) is 22.1 Å². The summed E-state index contributed by atoms with van der Waals surface area (Å²) in [6.45, 7) is 1.67. The van der Waals surface area contributed by atoms with E-state index in [1.807, 2.05) is 12.3 Å². The second-order valence-electron chi connectivity index (χ2n) is 9.01. The average Bonchev–Trinajstić information content (AvgIpc) is 2.85. The quantitative estimate of drug-likeness (QED) is 0.248. The third kappa shape index (κ3) is 6.91. The molecule has 4 rings (SSSR count). The number of hydrogen-bond acceptors (Lipinski definition) is 4. The molecule has 0 saturated heterocycles. The van der Waals surface area contributed by atoms with Gasteiger partial charge in [0.1, 0.15) is 6.61 Å². The summed E-state index contributed by atoms with van der Waals surface area (Å²) in [7, 11) is -2.51. The molecule has 1 heterocycles. The van der Waals surface area contributed by atoms with Crippen molar-refractivity contribution >= 4 is 19.2 Å². The van der Waals surface area contributed by atoms with Gasteiger partial charge in [-0.1, -0.05) is 74.6 Å². The molecule has 0 spiro atoms. The Hall–Kier alpha value is -2.17. The summed E-state index contributed by atoms with van der Waals surface area (Å²) >= 11 is 0. The summed E-state index contributed by atoms with van der Waals surface area (Å²) in [5.74, 6) is 0.918. The normalized spacial score (nSPS) is 15.1. The zero-order valence-corrected chi connectivity index (χ0v) is 20.1. The highest BCUT2D eigenvalue weighted by atomic mass is 31.1. The maximum Gasteiger partial charge on any atom is 0.694 e. The van der Waals surface area contributed by atoms with E-state index >= 15 is 0 Å². The fraction of sp³-hybridized carbons (Fsp3) is 0.444. The standard InChI is InChI=1S/C27H33N2O3P/c30-33(31)32-19-5-17-28-20-24-15-16-25(26-8-4-18-29-27(24)26)23-13-11-22(12-14-23)10-9-21-6-2-1-3-7-21/h4,8,11-16,18,21,28H,1-3,5-7,9-10,17,19-20H2/p+1. The van der Waals surface area contributed by atoms with Crippen molar-refractivity contribution in [3.8, 4) is 11.1 Å². The molecule has 0 bridgehead atoms. The molecule has 1 unspecified atom stereocenters. The van der Waals surface area contributed by atoms with Crippen LogP contribution in [0.1, 0.15) is 56.1 Å². The zero-order valence-electron chi connectivity index (χ0n) is 19.2. The van der Waals surface area contributed by atoms with E-state index in [2.05, 4.69) is 52.8 Å². The van der Waals surface area contributed by atoms with E-state index in [9.17, 15) is 4.57 Å². The third-order valence-electron chi connectivity index (χ3n) is 6.70. The highest BCUT2D eigenvalue weighted by Crippen LogP contribution is 2.31. The van der Waals surface area contributed by atoms with E-state index < -0.39 is 8.25 Å². The number of aryl methyl sites for hydroxylation is 1. The van der Waals surface area contributed by atoms with Gasteiger partial charge in [-0.2, -0.15) is 0 Å². The Morgan fingerprint density at radius 2 is 1.88 bits per heavy atom. The van der Waals surface area contributed by atoms with Crippen LogP contribution in [0, 0.1) is 5.92 Å². The molecule has 0 aliphatic heterocycles. The summed E-state index contributed by atoms with van der Waals surface area (Å²) in [6.07, 6.45) is 12.1. The van der Waals surface area contributed by atoms with Crippen molar-refractivity contribution in [3.05, 3.63) is 65.9 Å². The van der Waals surface area contributed by atoms with Gasteiger partial charge >= 0.3 is 8.25 Å². The van der Waals surface area contributed by atoms with Gasteiger partial charge in [-0.05, 0) is 60.0 Å². The number of benzene rings is 2. The van der Waals surface area contributed by atoms with E-state index in [0.717, 1.165) is 22.4 Å². The smallest absolute Gasteiger partial charge is 0.313 e. The van der Waals surface area contributed by atoms with E-state index in [1.54, 1.807) is 0 Å². The fourth-order valence-electron chi connectivity index (χ4n) is 4.89.